The summed E-state index contributed by atoms with van der Waals surface area (Å²) < 4.78 is 0. The summed E-state index contributed by atoms with van der Waals surface area (Å²) in [4.78, 5) is 11.0. The fourth-order valence-corrected chi connectivity index (χ4v) is 1.46. The second kappa shape index (κ2) is 6.27. The van der Waals surface area contributed by atoms with Gasteiger partial charge in [0.25, 0.3) is 0 Å². The molecule has 1 saturated carbocycles. The largest absolute Gasteiger partial charge is 0.355 e. The Bertz CT molecular complexity index is 160. The van der Waals surface area contributed by atoms with Crippen molar-refractivity contribution >= 4 is 17.7 Å². The second-order valence-corrected chi connectivity index (χ2v) is 4.23. The molecule has 0 saturated heterocycles. The Morgan fingerprint density at radius 3 is 2.85 bits per heavy atom. The lowest BCUT2D eigenvalue weighted by Gasteiger charge is -2.04. The van der Waals surface area contributed by atoms with Gasteiger partial charge in [-0.25, -0.2) is 0 Å². The maximum absolute atomic E-state index is 11.0. The summed E-state index contributed by atoms with van der Waals surface area (Å²) in [5, 5.41) is 6.28. The minimum Gasteiger partial charge on any atom is -0.355 e. The Balaban J connectivity index is 1.79. The monoisotopic (exact) mass is 202 g/mol. The summed E-state index contributed by atoms with van der Waals surface area (Å²) in [6, 6.07) is 0.780. The second-order valence-electron chi connectivity index (χ2n) is 3.36. The number of hydrogen-bond donors (Lipinski definition) is 2. The van der Waals surface area contributed by atoms with Gasteiger partial charge in [0.2, 0.25) is 5.91 Å². The third kappa shape index (κ3) is 5.93. The fourth-order valence-electron chi connectivity index (χ4n) is 1.09. The molecule has 0 bridgehead atoms. The molecule has 0 spiro atoms. The summed E-state index contributed by atoms with van der Waals surface area (Å²) in [6.45, 7) is 1.84. The third-order valence-electron chi connectivity index (χ3n) is 1.96. The van der Waals surface area contributed by atoms with E-state index in [-0.39, 0.29) is 5.91 Å². The van der Waals surface area contributed by atoms with Crippen LogP contribution in [0.4, 0.5) is 0 Å². The molecule has 1 amide bonds. The van der Waals surface area contributed by atoms with Crippen LogP contribution < -0.4 is 10.6 Å². The van der Waals surface area contributed by atoms with E-state index in [1.54, 1.807) is 11.8 Å². The third-order valence-corrected chi connectivity index (χ3v) is 2.51. The van der Waals surface area contributed by atoms with E-state index in [2.05, 4.69) is 10.6 Å². The lowest BCUT2D eigenvalue weighted by atomic mass is 10.4. The van der Waals surface area contributed by atoms with E-state index in [1.807, 2.05) is 6.26 Å². The van der Waals surface area contributed by atoms with Crippen molar-refractivity contribution in [1.29, 1.82) is 0 Å². The quantitative estimate of drug-likeness (QED) is 0.594. The SMILES string of the molecule is CSCC(=O)NCCCNC1CC1. The summed E-state index contributed by atoms with van der Waals surface area (Å²) >= 11 is 1.56. The maximum Gasteiger partial charge on any atom is 0.229 e. The van der Waals surface area contributed by atoms with E-state index < -0.39 is 0 Å². The normalized spacial score (nSPS) is 15.8. The molecule has 0 radical (unpaired) electrons. The van der Waals surface area contributed by atoms with Crippen molar-refractivity contribution in [3.05, 3.63) is 0 Å². The van der Waals surface area contributed by atoms with Crippen LogP contribution in [0.1, 0.15) is 19.3 Å². The zero-order chi connectivity index (χ0) is 9.52. The van der Waals surface area contributed by atoms with Gasteiger partial charge in [-0.2, -0.15) is 11.8 Å². The molecule has 0 atom stereocenters. The number of thioether (sulfide) groups is 1. The van der Waals surface area contributed by atoms with E-state index in [4.69, 9.17) is 0 Å². The molecule has 1 aliphatic carbocycles. The van der Waals surface area contributed by atoms with Gasteiger partial charge in [0.05, 0.1) is 5.75 Å². The van der Waals surface area contributed by atoms with Crippen LogP contribution in [0.15, 0.2) is 0 Å². The molecule has 1 rings (SSSR count). The number of amides is 1. The minimum atomic E-state index is 0.152. The molecule has 0 aliphatic heterocycles. The standard InChI is InChI=1S/C9H18N2OS/c1-13-7-9(12)11-6-2-5-10-8-3-4-8/h8,10H,2-7H2,1H3,(H,11,12). The van der Waals surface area contributed by atoms with Crippen molar-refractivity contribution < 1.29 is 4.79 Å². The van der Waals surface area contributed by atoms with E-state index in [0.29, 0.717) is 5.75 Å². The van der Waals surface area contributed by atoms with Gasteiger partial charge in [-0.1, -0.05) is 0 Å². The van der Waals surface area contributed by atoms with Crippen LogP contribution in [0.25, 0.3) is 0 Å². The topological polar surface area (TPSA) is 41.1 Å². The van der Waals surface area contributed by atoms with Gasteiger partial charge in [0.1, 0.15) is 0 Å². The van der Waals surface area contributed by atoms with Crippen LogP contribution in [0.2, 0.25) is 0 Å². The van der Waals surface area contributed by atoms with Gasteiger partial charge in [-0.05, 0) is 32.1 Å². The van der Waals surface area contributed by atoms with E-state index in [1.165, 1.54) is 12.8 Å². The Kier molecular flexibility index (Phi) is 5.23. The van der Waals surface area contributed by atoms with Crippen molar-refractivity contribution in [2.75, 3.05) is 25.1 Å². The lowest BCUT2D eigenvalue weighted by molar-refractivity contribution is -0.118. The minimum absolute atomic E-state index is 0.152. The molecule has 4 heteroatoms. The van der Waals surface area contributed by atoms with Gasteiger partial charge < -0.3 is 10.6 Å². The zero-order valence-corrected chi connectivity index (χ0v) is 8.95. The van der Waals surface area contributed by atoms with E-state index in [9.17, 15) is 4.79 Å². The molecular weight excluding hydrogens is 184 g/mol. The molecule has 0 aromatic heterocycles. The first-order valence-corrected chi connectivity index (χ1v) is 6.21. The zero-order valence-electron chi connectivity index (χ0n) is 8.14. The van der Waals surface area contributed by atoms with Crippen LogP contribution in [0.5, 0.6) is 0 Å². The van der Waals surface area contributed by atoms with Gasteiger partial charge in [-0.15, -0.1) is 0 Å². The van der Waals surface area contributed by atoms with Crippen molar-refractivity contribution in [3.8, 4) is 0 Å². The summed E-state index contributed by atoms with van der Waals surface area (Å²) in [5.41, 5.74) is 0. The van der Waals surface area contributed by atoms with Crippen molar-refractivity contribution in [2.24, 2.45) is 0 Å². The number of hydrogen-bond acceptors (Lipinski definition) is 3. The summed E-state index contributed by atoms with van der Waals surface area (Å²) in [5.74, 6) is 0.731. The fraction of sp³-hybridized carbons (Fsp3) is 0.889. The Morgan fingerprint density at radius 1 is 1.46 bits per heavy atom. The van der Waals surface area contributed by atoms with Crippen molar-refractivity contribution in [2.45, 2.75) is 25.3 Å². The molecule has 2 N–H and O–H groups in total. The highest BCUT2D eigenvalue weighted by molar-refractivity contribution is 7.99. The van der Waals surface area contributed by atoms with E-state index in [0.717, 1.165) is 25.6 Å². The highest BCUT2D eigenvalue weighted by atomic mass is 32.2. The Labute approximate surface area is 84.0 Å². The number of rotatable bonds is 7. The molecule has 0 unspecified atom stereocenters. The van der Waals surface area contributed by atoms with Crippen LogP contribution in [-0.4, -0.2) is 37.0 Å². The van der Waals surface area contributed by atoms with Gasteiger partial charge >= 0.3 is 0 Å². The number of carbonyl (C=O) groups excluding carboxylic acids is 1. The average molecular weight is 202 g/mol. The van der Waals surface area contributed by atoms with Crippen LogP contribution in [-0.2, 0) is 4.79 Å². The van der Waals surface area contributed by atoms with E-state index >= 15 is 0 Å². The molecule has 0 aromatic rings. The Hall–Kier alpha value is -0.220. The summed E-state index contributed by atoms with van der Waals surface area (Å²) in [7, 11) is 0. The maximum atomic E-state index is 11.0. The van der Waals surface area contributed by atoms with Crippen LogP contribution in [0, 0.1) is 0 Å². The molecule has 76 valence electrons. The summed E-state index contributed by atoms with van der Waals surface area (Å²) in [6.07, 6.45) is 5.64. The highest BCUT2D eigenvalue weighted by Gasteiger charge is 2.19. The van der Waals surface area contributed by atoms with Crippen molar-refractivity contribution in [1.82, 2.24) is 10.6 Å². The molecule has 0 heterocycles. The molecule has 0 aromatic carbocycles. The number of nitrogens with one attached hydrogen (secondary N) is 2. The molecule has 1 fully saturated rings. The van der Waals surface area contributed by atoms with Gasteiger partial charge in [-0.3, -0.25) is 4.79 Å². The molecule has 13 heavy (non-hydrogen) atoms. The van der Waals surface area contributed by atoms with Gasteiger partial charge in [0, 0.05) is 12.6 Å². The molecule has 3 nitrogen and oxygen atoms in total. The van der Waals surface area contributed by atoms with Crippen LogP contribution in [0.3, 0.4) is 0 Å². The lowest BCUT2D eigenvalue weighted by Crippen LogP contribution is -2.29. The highest BCUT2D eigenvalue weighted by Crippen LogP contribution is 2.18. The first-order chi connectivity index (χ1) is 6.33. The first kappa shape index (κ1) is 10.9. The predicted molar refractivity (Wildman–Crippen MR) is 57.0 cm³/mol. The predicted octanol–water partition coefficient (Wildman–Crippen LogP) is 0.608. The van der Waals surface area contributed by atoms with Crippen LogP contribution >= 0.6 is 11.8 Å². The van der Waals surface area contributed by atoms with Gasteiger partial charge in [0.15, 0.2) is 0 Å². The Morgan fingerprint density at radius 2 is 2.23 bits per heavy atom. The average Bonchev–Trinajstić information content (AvgIpc) is 2.88. The smallest absolute Gasteiger partial charge is 0.229 e. The molecular formula is C9H18N2OS. The molecule has 1 aliphatic rings. The number of carbonyl (C=O) groups is 1. The first-order valence-electron chi connectivity index (χ1n) is 4.82. The van der Waals surface area contributed by atoms with Crippen molar-refractivity contribution in [3.63, 3.8) is 0 Å².